The number of carboxylic acids is 1. The number of aromatic carboxylic acids is 1. The lowest BCUT2D eigenvalue weighted by molar-refractivity contribution is 0.0696. The van der Waals surface area contributed by atoms with Gasteiger partial charge in [0.25, 0.3) is 5.91 Å². The van der Waals surface area contributed by atoms with E-state index in [0.717, 1.165) is 11.1 Å². The smallest absolute Gasteiger partial charge is 0.408 e. The van der Waals surface area contributed by atoms with Crippen LogP contribution in [0.4, 0.5) is 16.2 Å². The lowest BCUT2D eigenvalue weighted by atomic mass is 9.97. The van der Waals surface area contributed by atoms with Crippen LogP contribution in [0.5, 0.6) is 0 Å². The van der Waals surface area contributed by atoms with Gasteiger partial charge >= 0.3 is 12.1 Å². The predicted molar refractivity (Wildman–Crippen MR) is 140 cm³/mol. The van der Waals surface area contributed by atoms with Crippen LogP contribution in [0.2, 0.25) is 0 Å². The summed E-state index contributed by atoms with van der Waals surface area (Å²) in [6.07, 6.45) is -0.641. The molecule has 0 bridgehead atoms. The summed E-state index contributed by atoms with van der Waals surface area (Å²) in [5.74, 6) is -1.33. The van der Waals surface area contributed by atoms with E-state index in [1.807, 2.05) is 30.3 Å². The molecule has 8 heteroatoms. The number of carbonyl (C=O) groups excluding carboxylic acids is 2. The Kier molecular flexibility index (Phi) is 7.80. The van der Waals surface area contributed by atoms with Crippen LogP contribution < -0.4 is 16.4 Å². The molecule has 2 amide bonds. The highest BCUT2D eigenvalue weighted by molar-refractivity contribution is 6.05. The van der Waals surface area contributed by atoms with Gasteiger partial charge in [0, 0.05) is 5.56 Å². The first-order valence-electron chi connectivity index (χ1n) is 11.5. The van der Waals surface area contributed by atoms with Crippen molar-refractivity contribution in [1.29, 1.82) is 0 Å². The summed E-state index contributed by atoms with van der Waals surface area (Å²) < 4.78 is 5.37. The standard InChI is InChI=1S/C29H25N3O5/c30-24-8-4-5-9-25(24)31-27(33)22-16-14-21(15-17-22)26(20-6-2-1-3-7-20)32-29(36)37-18-19-10-12-23(13-11-19)28(34)35/h1-17,26H,18,30H2,(H,31,33)(H,32,36)(H,34,35)/t26-/m0/s1. The molecule has 4 aromatic carbocycles. The van der Waals surface area contributed by atoms with E-state index in [0.29, 0.717) is 22.5 Å². The second-order valence-corrected chi connectivity index (χ2v) is 8.23. The average molecular weight is 496 g/mol. The second-order valence-electron chi connectivity index (χ2n) is 8.23. The Morgan fingerprint density at radius 3 is 2.00 bits per heavy atom. The van der Waals surface area contributed by atoms with Crippen molar-refractivity contribution in [2.75, 3.05) is 11.1 Å². The zero-order valence-electron chi connectivity index (χ0n) is 19.8. The molecule has 0 heterocycles. The number of nitrogens with one attached hydrogen (secondary N) is 2. The third kappa shape index (κ3) is 6.52. The molecule has 186 valence electrons. The fourth-order valence-corrected chi connectivity index (χ4v) is 3.69. The molecule has 0 aliphatic rings. The SMILES string of the molecule is Nc1ccccc1NC(=O)c1ccc([C@@H](NC(=O)OCc2ccc(C(=O)O)cc2)c2ccccc2)cc1. The van der Waals surface area contributed by atoms with E-state index < -0.39 is 18.1 Å². The van der Waals surface area contributed by atoms with E-state index in [4.69, 9.17) is 15.6 Å². The van der Waals surface area contributed by atoms with Crippen LogP contribution in [-0.2, 0) is 11.3 Å². The number of para-hydroxylation sites is 2. The number of benzene rings is 4. The zero-order chi connectivity index (χ0) is 26.2. The number of carboxylic acid groups (broad SMARTS) is 1. The summed E-state index contributed by atoms with van der Waals surface area (Å²) in [4.78, 5) is 36.3. The summed E-state index contributed by atoms with van der Waals surface area (Å²) in [5.41, 5.74) is 9.75. The summed E-state index contributed by atoms with van der Waals surface area (Å²) in [6.45, 7) is -0.0189. The van der Waals surface area contributed by atoms with E-state index in [1.54, 1.807) is 60.7 Å². The topological polar surface area (TPSA) is 131 Å². The number of hydrogen-bond acceptors (Lipinski definition) is 5. The van der Waals surface area contributed by atoms with Gasteiger partial charge in [-0.05, 0) is 53.1 Å². The molecule has 0 unspecified atom stereocenters. The van der Waals surface area contributed by atoms with Gasteiger partial charge in [0.15, 0.2) is 0 Å². The van der Waals surface area contributed by atoms with Gasteiger partial charge in [0.2, 0.25) is 0 Å². The normalized spacial score (nSPS) is 11.2. The Hall–Kier alpha value is -5.11. The Morgan fingerprint density at radius 2 is 1.35 bits per heavy atom. The minimum Gasteiger partial charge on any atom is -0.478 e. The van der Waals surface area contributed by atoms with Crippen LogP contribution in [0.3, 0.4) is 0 Å². The first-order valence-corrected chi connectivity index (χ1v) is 11.5. The number of rotatable bonds is 8. The molecule has 0 fully saturated rings. The van der Waals surface area contributed by atoms with E-state index in [-0.39, 0.29) is 18.1 Å². The van der Waals surface area contributed by atoms with Gasteiger partial charge in [-0.2, -0.15) is 0 Å². The maximum absolute atomic E-state index is 12.7. The second kappa shape index (κ2) is 11.5. The van der Waals surface area contributed by atoms with Crippen molar-refractivity contribution in [1.82, 2.24) is 5.32 Å². The summed E-state index contributed by atoms with van der Waals surface area (Å²) in [6, 6.07) is 28.9. The van der Waals surface area contributed by atoms with Crippen molar-refractivity contribution in [2.24, 2.45) is 0 Å². The molecular formula is C29H25N3O5. The van der Waals surface area contributed by atoms with Crippen molar-refractivity contribution >= 4 is 29.3 Å². The quantitative estimate of drug-likeness (QED) is 0.248. The molecule has 0 saturated carbocycles. The van der Waals surface area contributed by atoms with Crippen LogP contribution in [0.25, 0.3) is 0 Å². The molecule has 8 nitrogen and oxygen atoms in total. The Balaban J connectivity index is 1.46. The molecule has 0 radical (unpaired) electrons. The van der Waals surface area contributed by atoms with Gasteiger partial charge in [-0.15, -0.1) is 0 Å². The minimum absolute atomic E-state index is 0.0189. The van der Waals surface area contributed by atoms with Crippen LogP contribution in [-0.4, -0.2) is 23.1 Å². The first kappa shape index (κ1) is 25.0. The van der Waals surface area contributed by atoms with E-state index in [1.165, 1.54) is 12.1 Å². The third-order valence-electron chi connectivity index (χ3n) is 5.68. The predicted octanol–water partition coefficient (Wildman–Crippen LogP) is 5.24. The Bertz CT molecular complexity index is 1390. The van der Waals surface area contributed by atoms with E-state index >= 15 is 0 Å². The molecule has 0 spiro atoms. The molecule has 0 aromatic heterocycles. The van der Waals surface area contributed by atoms with Crippen molar-refractivity contribution in [2.45, 2.75) is 12.6 Å². The summed E-state index contributed by atoms with van der Waals surface area (Å²) in [7, 11) is 0. The lowest BCUT2D eigenvalue weighted by Gasteiger charge is -2.20. The number of alkyl carbamates (subject to hydrolysis) is 1. The van der Waals surface area contributed by atoms with E-state index in [9.17, 15) is 14.4 Å². The molecular weight excluding hydrogens is 470 g/mol. The number of anilines is 2. The minimum atomic E-state index is -1.02. The van der Waals surface area contributed by atoms with Crippen LogP contribution in [0, 0.1) is 0 Å². The number of ether oxygens (including phenoxy) is 1. The summed E-state index contributed by atoms with van der Waals surface area (Å²) >= 11 is 0. The largest absolute Gasteiger partial charge is 0.478 e. The highest BCUT2D eigenvalue weighted by atomic mass is 16.5. The molecule has 0 saturated heterocycles. The van der Waals surface area contributed by atoms with Crippen molar-refractivity contribution in [3.05, 3.63) is 131 Å². The van der Waals surface area contributed by atoms with E-state index in [2.05, 4.69) is 10.6 Å². The molecule has 37 heavy (non-hydrogen) atoms. The highest BCUT2D eigenvalue weighted by Gasteiger charge is 2.19. The molecule has 0 aliphatic carbocycles. The number of nitrogen functional groups attached to an aromatic ring is 1. The van der Waals surface area contributed by atoms with Gasteiger partial charge in [0.05, 0.1) is 23.0 Å². The van der Waals surface area contributed by atoms with Crippen LogP contribution in [0.15, 0.2) is 103 Å². The van der Waals surface area contributed by atoms with Gasteiger partial charge in [-0.25, -0.2) is 9.59 Å². The van der Waals surface area contributed by atoms with Gasteiger partial charge in [-0.3, -0.25) is 4.79 Å². The maximum atomic E-state index is 12.7. The fourth-order valence-electron chi connectivity index (χ4n) is 3.69. The van der Waals surface area contributed by atoms with Crippen molar-refractivity contribution < 1.29 is 24.2 Å². The number of nitrogens with two attached hydrogens (primary N) is 1. The Morgan fingerprint density at radius 1 is 0.757 bits per heavy atom. The van der Waals surface area contributed by atoms with Crippen molar-refractivity contribution in [3.63, 3.8) is 0 Å². The number of amides is 2. The van der Waals surface area contributed by atoms with Gasteiger partial charge < -0.3 is 26.2 Å². The number of hydrogen-bond donors (Lipinski definition) is 4. The molecule has 1 atom stereocenters. The van der Waals surface area contributed by atoms with Crippen LogP contribution in [0.1, 0.15) is 43.4 Å². The lowest BCUT2D eigenvalue weighted by Crippen LogP contribution is -2.30. The highest BCUT2D eigenvalue weighted by Crippen LogP contribution is 2.24. The fraction of sp³-hybridized carbons (Fsp3) is 0.0690. The first-order chi connectivity index (χ1) is 17.9. The van der Waals surface area contributed by atoms with Gasteiger partial charge in [0.1, 0.15) is 6.61 Å². The molecule has 4 aromatic rings. The molecule has 5 N–H and O–H groups in total. The van der Waals surface area contributed by atoms with Crippen molar-refractivity contribution in [3.8, 4) is 0 Å². The monoisotopic (exact) mass is 495 g/mol. The Labute approximate surface area is 213 Å². The maximum Gasteiger partial charge on any atom is 0.408 e. The zero-order valence-corrected chi connectivity index (χ0v) is 19.8. The molecule has 4 rings (SSSR count). The van der Waals surface area contributed by atoms with Crippen LogP contribution >= 0.6 is 0 Å². The summed E-state index contributed by atoms with van der Waals surface area (Å²) in [5, 5.41) is 14.7. The average Bonchev–Trinajstić information content (AvgIpc) is 2.92. The third-order valence-corrected chi connectivity index (χ3v) is 5.68. The number of carbonyl (C=O) groups is 3. The van der Waals surface area contributed by atoms with Gasteiger partial charge in [-0.1, -0.05) is 66.7 Å². The molecule has 0 aliphatic heterocycles.